The fraction of sp³-hybridized carbons (Fsp3) is 0.600. The van der Waals surface area contributed by atoms with Crippen molar-refractivity contribution in [2.24, 2.45) is 0 Å². The Hall–Kier alpha value is -1.46. The lowest BCUT2D eigenvalue weighted by Crippen LogP contribution is -2.31. The van der Waals surface area contributed by atoms with Crippen molar-refractivity contribution in [2.75, 3.05) is 44.4 Å². The lowest BCUT2D eigenvalue weighted by Gasteiger charge is -2.23. The highest BCUT2D eigenvalue weighted by molar-refractivity contribution is 5.93. The summed E-state index contributed by atoms with van der Waals surface area (Å²) in [5.41, 5.74) is 0.628. The average Bonchev–Trinajstić information content (AvgIpc) is 2.46. The van der Waals surface area contributed by atoms with Crippen LogP contribution in [0.5, 0.6) is 0 Å². The van der Waals surface area contributed by atoms with Crippen LogP contribution in [0.1, 0.15) is 31.1 Å². The lowest BCUT2D eigenvalue weighted by molar-refractivity contribution is 0.101. The van der Waals surface area contributed by atoms with Gasteiger partial charge in [-0.3, -0.25) is 4.79 Å². The molecule has 112 valence electrons. The van der Waals surface area contributed by atoms with Gasteiger partial charge in [-0.05, 0) is 32.9 Å². The third-order valence-corrected chi connectivity index (χ3v) is 2.90. The fourth-order valence-electron chi connectivity index (χ4n) is 1.76. The summed E-state index contributed by atoms with van der Waals surface area (Å²) in [4.78, 5) is 17.7. The highest BCUT2D eigenvalue weighted by Crippen LogP contribution is 2.11. The largest absolute Gasteiger partial charge is 0.380 e. The summed E-state index contributed by atoms with van der Waals surface area (Å²) in [7, 11) is 0. The van der Waals surface area contributed by atoms with Crippen LogP contribution in [-0.2, 0) is 9.47 Å². The van der Waals surface area contributed by atoms with E-state index in [1.54, 1.807) is 19.2 Å². The molecule has 0 aliphatic heterocycles. The van der Waals surface area contributed by atoms with Gasteiger partial charge in [0.25, 0.3) is 0 Å². The molecule has 0 N–H and O–H groups in total. The van der Waals surface area contributed by atoms with Gasteiger partial charge in [-0.2, -0.15) is 0 Å². The van der Waals surface area contributed by atoms with Crippen molar-refractivity contribution in [1.82, 2.24) is 4.98 Å². The van der Waals surface area contributed by atoms with Crippen LogP contribution < -0.4 is 4.90 Å². The standard InChI is InChI=1S/C15H24N2O3/c1-4-19-10-8-17(9-11-20-5-2)15-7-6-14(12-16-15)13(3)18/h6-7,12H,4-5,8-11H2,1-3H3. The maximum atomic E-state index is 11.3. The van der Waals surface area contributed by atoms with E-state index in [0.717, 1.165) is 18.9 Å². The third kappa shape index (κ3) is 5.67. The monoisotopic (exact) mass is 280 g/mol. The Bertz CT molecular complexity index is 383. The molecule has 0 unspecified atom stereocenters. The topological polar surface area (TPSA) is 51.7 Å². The molecule has 0 saturated heterocycles. The molecular weight excluding hydrogens is 256 g/mol. The molecule has 1 rings (SSSR count). The fourth-order valence-corrected chi connectivity index (χ4v) is 1.76. The van der Waals surface area contributed by atoms with E-state index in [9.17, 15) is 4.79 Å². The summed E-state index contributed by atoms with van der Waals surface area (Å²) in [6, 6.07) is 3.67. The second-order valence-corrected chi connectivity index (χ2v) is 4.34. The molecule has 5 nitrogen and oxygen atoms in total. The van der Waals surface area contributed by atoms with Gasteiger partial charge in [-0.25, -0.2) is 4.98 Å². The van der Waals surface area contributed by atoms with Gasteiger partial charge in [-0.1, -0.05) is 0 Å². The number of Topliss-reactive ketones (excluding diaryl/α,β-unsaturated/α-hetero) is 1. The van der Waals surface area contributed by atoms with Crippen molar-refractivity contribution < 1.29 is 14.3 Å². The molecule has 1 aromatic heterocycles. The summed E-state index contributed by atoms with van der Waals surface area (Å²) in [5, 5.41) is 0. The lowest BCUT2D eigenvalue weighted by atomic mass is 10.2. The quantitative estimate of drug-likeness (QED) is 0.485. The zero-order valence-electron chi connectivity index (χ0n) is 12.6. The number of carbonyl (C=O) groups is 1. The molecule has 0 fully saturated rings. The van der Waals surface area contributed by atoms with Crippen molar-refractivity contribution in [1.29, 1.82) is 0 Å². The van der Waals surface area contributed by atoms with Crippen molar-refractivity contribution >= 4 is 11.6 Å². The molecule has 0 aliphatic carbocycles. The molecule has 0 radical (unpaired) electrons. The number of aromatic nitrogens is 1. The molecule has 20 heavy (non-hydrogen) atoms. The predicted molar refractivity (Wildman–Crippen MR) is 79.4 cm³/mol. The molecule has 0 saturated carbocycles. The van der Waals surface area contributed by atoms with E-state index in [4.69, 9.17) is 9.47 Å². The highest BCUT2D eigenvalue weighted by atomic mass is 16.5. The number of pyridine rings is 1. The molecule has 0 spiro atoms. The summed E-state index contributed by atoms with van der Waals surface area (Å²) < 4.78 is 10.8. The van der Waals surface area contributed by atoms with Gasteiger partial charge in [0.05, 0.1) is 13.2 Å². The van der Waals surface area contributed by atoms with Crippen LogP contribution >= 0.6 is 0 Å². The van der Waals surface area contributed by atoms with E-state index in [2.05, 4.69) is 9.88 Å². The minimum absolute atomic E-state index is 0.0271. The number of rotatable bonds is 10. The minimum Gasteiger partial charge on any atom is -0.380 e. The van der Waals surface area contributed by atoms with Gasteiger partial charge >= 0.3 is 0 Å². The molecule has 5 heteroatoms. The second-order valence-electron chi connectivity index (χ2n) is 4.34. The maximum absolute atomic E-state index is 11.3. The number of hydrogen-bond acceptors (Lipinski definition) is 5. The molecule has 0 bridgehead atoms. The van der Waals surface area contributed by atoms with Crippen molar-refractivity contribution in [3.05, 3.63) is 23.9 Å². The first-order valence-corrected chi connectivity index (χ1v) is 7.06. The number of ketones is 1. The van der Waals surface area contributed by atoms with E-state index in [1.165, 1.54) is 0 Å². The average molecular weight is 280 g/mol. The number of ether oxygens (including phenoxy) is 2. The summed E-state index contributed by atoms with van der Waals surface area (Å²) in [6.07, 6.45) is 1.62. The third-order valence-electron chi connectivity index (χ3n) is 2.90. The summed E-state index contributed by atoms with van der Waals surface area (Å²) in [5.74, 6) is 0.869. The molecule has 0 amide bonds. The Kier molecular flexibility index (Phi) is 7.84. The normalized spacial score (nSPS) is 10.6. The Balaban J connectivity index is 2.66. The van der Waals surface area contributed by atoms with Gasteiger partial charge in [0.15, 0.2) is 5.78 Å². The zero-order valence-corrected chi connectivity index (χ0v) is 12.6. The SMILES string of the molecule is CCOCCN(CCOCC)c1ccc(C(C)=O)cn1. The van der Waals surface area contributed by atoms with Gasteiger partial charge in [0, 0.05) is 38.1 Å². The number of carbonyl (C=O) groups excluding carboxylic acids is 1. The number of anilines is 1. The van der Waals surface area contributed by atoms with Crippen LogP contribution in [0.15, 0.2) is 18.3 Å². The number of hydrogen-bond donors (Lipinski definition) is 0. The smallest absolute Gasteiger partial charge is 0.161 e. The van der Waals surface area contributed by atoms with Gasteiger partial charge < -0.3 is 14.4 Å². The summed E-state index contributed by atoms with van der Waals surface area (Å²) in [6.45, 7) is 9.72. The van der Waals surface area contributed by atoms with E-state index in [0.29, 0.717) is 32.0 Å². The second kappa shape index (κ2) is 9.44. The molecule has 1 aromatic rings. The zero-order chi connectivity index (χ0) is 14.8. The van der Waals surface area contributed by atoms with Crippen LogP contribution in [0.25, 0.3) is 0 Å². The summed E-state index contributed by atoms with van der Waals surface area (Å²) >= 11 is 0. The Morgan fingerprint density at radius 1 is 1.15 bits per heavy atom. The Morgan fingerprint density at radius 3 is 2.15 bits per heavy atom. The first kappa shape index (κ1) is 16.6. The van der Waals surface area contributed by atoms with Crippen molar-refractivity contribution in [3.8, 4) is 0 Å². The van der Waals surface area contributed by atoms with Crippen LogP contribution in [0.2, 0.25) is 0 Å². The van der Waals surface area contributed by atoms with Crippen LogP contribution in [0.4, 0.5) is 5.82 Å². The van der Waals surface area contributed by atoms with Crippen LogP contribution in [-0.4, -0.2) is 50.3 Å². The first-order valence-electron chi connectivity index (χ1n) is 7.06. The van der Waals surface area contributed by atoms with Crippen LogP contribution in [0.3, 0.4) is 0 Å². The van der Waals surface area contributed by atoms with E-state index in [-0.39, 0.29) is 5.78 Å². The Labute approximate surface area is 120 Å². The molecule has 0 aromatic carbocycles. The minimum atomic E-state index is 0.0271. The first-order chi connectivity index (χ1) is 9.69. The molecule has 0 atom stereocenters. The molecular formula is C15H24N2O3. The maximum Gasteiger partial charge on any atom is 0.161 e. The molecule has 0 aliphatic rings. The highest BCUT2D eigenvalue weighted by Gasteiger charge is 2.09. The van der Waals surface area contributed by atoms with Crippen molar-refractivity contribution in [3.63, 3.8) is 0 Å². The van der Waals surface area contributed by atoms with Crippen molar-refractivity contribution in [2.45, 2.75) is 20.8 Å². The van der Waals surface area contributed by atoms with Crippen LogP contribution in [0, 0.1) is 0 Å². The van der Waals surface area contributed by atoms with Gasteiger partial charge in [-0.15, -0.1) is 0 Å². The van der Waals surface area contributed by atoms with E-state index in [1.807, 2.05) is 19.9 Å². The van der Waals surface area contributed by atoms with Gasteiger partial charge in [0.2, 0.25) is 0 Å². The molecule has 1 heterocycles. The van der Waals surface area contributed by atoms with E-state index < -0.39 is 0 Å². The number of nitrogens with zero attached hydrogens (tertiary/aromatic N) is 2. The Morgan fingerprint density at radius 2 is 1.75 bits per heavy atom. The van der Waals surface area contributed by atoms with Gasteiger partial charge in [0.1, 0.15) is 5.82 Å². The predicted octanol–water partition coefficient (Wildman–Crippen LogP) is 2.16. The van der Waals surface area contributed by atoms with E-state index >= 15 is 0 Å².